The van der Waals surface area contributed by atoms with Gasteiger partial charge in [0, 0.05) is 54.5 Å². The van der Waals surface area contributed by atoms with E-state index in [-0.39, 0.29) is 5.54 Å². The van der Waals surface area contributed by atoms with Gasteiger partial charge in [0.1, 0.15) is 0 Å². The number of para-hydroxylation sites is 1. The highest BCUT2D eigenvalue weighted by atomic mass is 32.1. The topological polar surface area (TPSA) is 29.0 Å². The first-order valence-corrected chi connectivity index (χ1v) is 17.6. The third kappa shape index (κ3) is 4.20. The molecule has 0 radical (unpaired) electrons. The summed E-state index contributed by atoms with van der Waals surface area (Å²) in [6, 6.07) is 57.5. The zero-order chi connectivity index (χ0) is 31.7. The molecule has 1 fully saturated rings. The Kier molecular flexibility index (Phi) is 6.31. The Morgan fingerprint density at radius 3 is 2.04 bits per heavy atom. The van der Waals surface area contributed by atoms with E-state index in [2.05, 4.69) is 173 Å². The Labute approximate surface area is 283 Å². The Bertz CT molecular complexity index is 2620. The molecule has 7 aromatic carbocycles. The fourth-order valence-corrected chi connectivity index (χ4v) is 9.35. The molecular weight excluding hydrogens is 603 g/mol. The van der Waals surface area contributed by atoms with E-state index in [1.165, 1.54) is 75.1 Å². The number of thiophene rings is 1. The third-order valence-electron chi connectivity index (χ3n) is 10.4. The van der Waals surface area contributed by atoms with Crippen LogP contribution in [0.25, 0.3) is 58.4 Å². The first kappa shape index (κ1) is 27.8. The lowest BCUT2D eigenvalue weighted by molar-refractivity contribution is 0.410. The smallest absolute Gasteiger partial charge is 0.0647 e. The number of aromatic nitrogens is 1. The molecule has 1 aliphatic carbocycles. The van der Waals surface area contributed by atoms with Crippen LogP contribution in [0.2, 0.25) is 0 Å². The molecule has 4 heteroatoms. The Morgan fingerprint density at radius 1 is 0.604 bits per heavy atom. The predicted molar refractivity (Wildman–Crippen MR) is 203 cm³/mol. The van der Waals surface area contributed by atoms with E-state index in [4.69, 9.17) is 0 Å². The number of hydrazine groups is 1. The fourth-order valence-electron chi connectivity index (χ4n) is 8.07. The first-order valence-electron chi connectivity index (χ1n) is 16.8. The molecule has 0 amide bonds. The minimum absolute atomic E-state index is 0.107. The highest BCUT2D eigenvalue weighted by Crippen LogP contribution is 2.58. The quantitative estimate of drug-likeness (QED) is 0.171. The van der Waals surface area contributed by atoms with Crippen molar-refractivity contribution >= 4 is 64.1 Å². The maximum absolute atomic E-state index is 3.77. The van der Waals surface area contributed by atoms with Gasteiger partial charge >= 0.3 is 0 Å². The van der Waals surface area contributed by atoms with Crippen molar-refractivity contribution in [1.29, 1.82) is 0 Å². The Morgan fingerprint density at radius 2 is 1.25 bits per heavy atom. The van der Waals surface area contributed by atoms with Gasteiger partial charge in [-0.3, -0.25) is 5.43 Å². The van der Waals surface area contributed by atoms with Gasteiger partial charge in [-0.2, -0.15) is 0 Å². The maximum atomic E-state index is 3.77. The number of nitrogens with zero attached hydrogens (tertiary/aromatic N) is 1. The molecule has 0 bridgehead atoms. The third-order valence-corrected chi connectivity index (χ3v) is 11.6. The summed E-state index contributed by atoms with van der Waals surface area (Å²) in [5, 5.41) is 7.96. The second kappa shape index (κ2) is 10.9. The van der Waals surface area contributed by atoms with Crippen LogP contribution in [0.4, 0.5) is 0 Å². The molecule has 1 aliphatic rings. The standard InChI is InChI=1S/C44H33N3S/c1-3-13-30(14-4-1)37-27-44(37,31-15-5-2-6-16-31)46-45-28-29-23-25-32(26-24-29)47-38-21-11-9-19-35(38)41-42(47)34-18-8-7-17-33(34)40-36-20-10-12-22-39(36)48-43(40)41/h1-26,37,45-46H,27-28H2/t37-,44?/m1/s1. The van der Waals surface area contributed by atoms with Crippen molar-refractivity contribution in [2.24, 2.45) is 0 Å². The first-order chi connectivity index (χ1) is 23.8. The monoisotopic (exact) mass is 635 g/mol. The van der Waals surface area contributed by atoms with E-state index in [1.54, 1.807) is 0 Å². The minimum atomic E-state index is -0.107. The Balaban J connectivity index is 1.03. The second-order valence-corrected chi connectivity index (χ2v) is 14.1. The van der Waals surface area contributed by atoms with Gasteiger partial charge < -0.3 is 4.57 Å². The number of benzene rings is 7. The van der Waals surface area contributed by atoms with E-state index in [0.717, 1.165) is 13.0 Å². The van der Waals surface area contributed by atoms with Crippen molar-refractivity contribution in [2.75, 3.05) is 0 Å². The van der Waals surface area contributed by atoms with Gasteiger partial charge in [-0.25, -0.2) is 5.43 Å². The van der Waals surface area contributed by atoms with E-state index >= 15 is 0 Å². The van der Waals surface area contributed by atoms with Crippen LogP contribution in [0.15, 0.2) is 158 Å². The van der Waals surface area contributed by atoms with Gasteiger partial charge in [0.2, 0.25) is 0 Å². The molecule has 0 spiro atoms. The molecule has 1 unspecified atom stereocenters. The Hall–Kier alpha value is -5.26. The van der Waals surface area contributed by atoms with Crippen molar-refractivity contribution in [3.63, 3.8) is 0 Å². The van der Waals surface area contributed by atoms with E-state index in [0.29, 0.717) is 5.92 Å². The summed E-state index contributed by atoms with van der Waals surface area (Å²) in [5.41, 5.74) is 14.9. The van der Waals surface area contributed by atoms with Crippen LogP contribution in [0, 0.1) is 0 Å². The summed E-state index contributed by atoms with van der Waals surface area (Å²) in [6.45, 7) is 0.731. The van der Waals surface area contributed by atoms with Crippen LogP contribution < -0.4 is 10.9 Å². The molecule has 0 saturated heterocycles. The van der Waals surface area contributed by atoms with E-state index in [1.807, 2.05) is 11.3 Å². The number of nitrogens with one attached hydrogen (secondary N) is 2. The summed E-state index contributed by atoms with van der Waals surface area (Å²) in [4.78, 5) is 0. The minimum Gasteiger partial charge on any atom is -0.309 e. The van der Waals surface area contributed by atoms with Gasteiger partial charge in [-0.05, 0) is 52.8 Å². The molecule has 230 valence electrons. The highest BCUT2D eigenvalue weighted by Gasteiger charge is 2.55. The number of rotatable bonds is 7. The van der Waals surface area contributed by atoms with Gasteiger partial charge in [-0.1, -0.05) is 133 Å². The lowest BCUT2D eigenvalue weighted by Gasteiger charge is -2.21. The molecule has 48 heavy (non-hydrogen) atoms. The van der Waals surface area contributed by atoms with Gasteiger partial charge in [0.15, 0.2) is 0 Å². The van der Waals surface area contributed by atoms with Crippen molar-refractivity contribution in [1.82, 2.24) is 15.4 Å². The summed E-state index contributed by atoms with van der Waals surface area (Å²) in [7, 11) is 0. The molecular formula is C44H33N3S. The summed E-state index contributed by atoms with van der Waals surface area (Å²) in [5.74, 6) is 0.438. The molecule has 1 saturated carbocycles. The average Bonchev–Trinajstić information content (AvgIpc) is 3.60. The maximum Gasteiger partial charge on any atom is 0.0647 e. The zero-order valence-electron chi connectivity index (χ0n) is 26.4. The van der Waals surface area contributed by atoms with Crippen LogP contribution in [-0.4, -0.2) is 4.57 Å². The SMILES string of the molecule is c1ccc([C@H]2CC2(NNCc2ccc(-n3c4ccccc4c4c5sc6ccccc6c5c5ccccc5c43)cc2)c2ccccc2)cc1. The van der Waals surface area contributed by atoms with Crippen molar-refractivity contribution in [3.8, 4) is 5.69 Å². The zero-order valence-corrected chi connectivity index (χ0v) is 27.2. The summed E-state index contributed by atoms with van der Waals surface area (Å²) in [6.07, 6.45) is 1.07. The molecule has 3 nitrogen and oxygen atoms in total. The molecule has 2 N–H and O–H groups in total. The van der Waals surface area contributed by atoms with Gasteiger partial charge in [0.05, 0.1) is 16.6 Å². The lowest BCUT2D eigenvalue weighted by atomic mass is 9.99. The van der Waals surface area contributed by atoms with E-state index in [9.17, 15) is 0 Å². The van der Waals surface area contributed by atoms with E-state index < -0.39 is 0 Å². The number of hydrogen-bond acceptors (Lipinski definition) is 3. The van der Waals surface area contributed by atoms with Crippen molar-refractivity contribution in [3.05, 3.63) is 174 Å². The number of hydrogen-bond donors (Lipinski definition) is 2. The van der Waals surface area contributed by atoms with Crippen molar-refractivity contribution < 1.29 is 0 Å². The molecule has 10 rings (SSSR count). The average molecular weight is 636 g/mol. The fraction of sp³-hybridized carbons (Fsp3) is 0.0909. The van der Waals surface area contributed by atoms with Gasteiger partial charge in [-0.15, -0.1) is 11.3 Å². The normalized spacial score (nSPS) is 17.6. The molecule has 0 aliphatic heterocycles. The van der Waals surface area contributed by atoms with Crippen LogP contribution in [0.5, 0.6) is 0 Å². The highest BCUT2D eigenvalue weighted by molar-refractivity contribution is 7.27. The van der Waals surface area contributed by atoms with Crippen LogP contribution in [0.1, 0.15) is 29.0 Å². The molecule has 2 aromatic heterocycles. The summed E-state index contributed by atoms with van der Waals surface area (Å²) < 4.78 is 5.18. The molecule has 9 aromatic rings. The summed E-state index contributed by atoms with van der Waals surface area (Å²) >= 11 is 1.92. The molecule has 2 heterocycles. The van der Waals surface area contributed by atoms with Crippen LogP contribution >= 0.6 is 11.3 Å². The largest absolute Gasteiger partial charge is 0.309 e. The lowest BCUT2D eigenvalue weighted by Crippen LogP contribution is -2.41. The van der Waals surface area contributed by atoms with Crippen LogP contribution in [-0.2, 0) is 12.1 Å². The van der Waals surface area contributed by atoms with Gasteiger partial charge in [0.25, 0.3) is 0 Å². The molecule has 2 atom stereocenters. The van der Waals surface area contributed by atoms with Crippen LogP contribution in [0.3, 0.4) is 0 Å². The predicted octanol–water partition coefficient (Wildman–Crippen LogP) is 11.0. The number of fused-ring (bicyclic) bond motifs is 10. The second-order valence-electron chi connectivity index (χ2n) is 13.1. The van der Waals surface area contributed by atoms with Crippen molar-refractivity contribution in [2.45, 2.75) is 24.4 Å².